The van der Waals surface area contributed by atoms with Crippen LogP contribution in [0.3, 0.4) is 0 Å². The summed E-state index contributed by atoms with van der Waals surface area (Å²) in [5, 5.41) is 3.43. The number of aromatic nitrogens is 1. The van der Waals surface area contributed by atoms with E-state index < -0.39 is 0 Å². The number of pyridine rings is 1. The van der Waals surface area contributed by atoms with Gasteiger partial charge in [0.25, 0.3) is 0 Å². The Kier molecular flexibility index (Phi) is 5.80. The predicted molar refractivity (Wildman–Crippen MR) is 83.2 cm³/mol. The second-order valence-corrected chi connectivity index (χ2v) is 5.57. The van der Waals surface area contributed by atoms with Gasteiger partial charge in [0.05, 0.1) is 6.10 Å². The molecule has 4 heteroatoms. The summed E-state index contributed by atoms with van der Waals surface area (Å²) in [6.07, 6.45) is 2.52. The topological polar surface area (TPSA) is 37.4 Å². The number of rotatable bonds is 5. The Labute approximate surface area is 122 Å². The average Bonchev–Trinajstić information content (AvgIpc) is 2.65. The number of hydrogen-bond donors (Lipinski definition) is 1. The van der Waals surface area contributed by atoms with Gasteiger partial charge in [-0.05, 0) is 44.9 Å². The van der Waals surface area contributed by atoms with Gasteiger partial charge in [0, 0.05) is 31.9 Å². The number of nitrogens with zero attached hydrogens (tertiary/aromatic N) is 2. The third kappa shape index (κ3) is 4.18. The molecule has 0 spiro atoms. The summed E-state index contributed by atoms with van der Waals surface area (Å²) in [5.74, 6) is 1.08. The second-order valence-electron chi connectivity index (χ2n) is 5.57. The van der Waals surface area contributed by atoms with Gasteiger partial charge in [-0.25, -0.2) is 4.98 Å². The molecule has 0 bridgehead atoms. The first-order valence-corrected chi connectivity index (χ1v) is 7.74. The molecule has 2 heterocycles. The van der Waals surface area contributed by atoms with Crippen LogP contribution in [0.25, 0.3) is 0 Å². The summed E-state index contributed by atoms with van der Waals surface area (Å²) in [5.41, 5.74) is 2.42. The van der Waals surface area contributed by atoms with E-state index in [4.69, 9.17) is 9.72 Å². The first-order chi connectivity index (χ1) is 9.70. The van der Waals surface area contributed by atoms with Crippen molar-refractivity contribution in [2.24, 2.45) is 0 Å². The lowest BCUT2D eigenvalue weighted by molar-refractivity contribution is 0.0820. The van der Waals surface area contributed by atoms with E-state index in [1.807, 2.05) is 0 Å². The summed E-state index contributed by atoms with van der Waals surface area (Å²) >= 11 is 0. The number of hydrogen-bond acceptors (Lipinski definition) is 4. The maximum atomic E-state index is 5.69. The smallest absolute Gasteiger partial charge is 0.128 e. The van der Waals surface area contributed by atoms with Crippen molar-refractivity contribution < 1.29 is 4.74 Å². The number of anilines is 1. The molecular weight excluding hydrogens is 250 g/mol. The minimum absolute atomic E-state index is 0.283. The number of ether oxygens (including phenoxy) is 1. The van der Waals surface area contributed by atoms with Crippen molar-refractivity contribution in [3.05, 3.63) is 23.4 Å². The molecular formula is C16H27N3O. The van der Waals surface area contributed by atoms with Crippen molar-refractivity contribution in [1.82, 2.24) is 10.3 Å². The number of nitrogens with one attached hydrogen (secondary N) is 1. The van der Waals surface area contributed by atoms with Crippen molar-refractivity contribution in [1.29, 1.82) is 0 Å². The Bertz CT molecular complexity index is 422. The highest BCUT2D eigenvalue weighted by molar-refractivity contribution is 5.42. The fourth-order valence-corrected chi connectivity index (χ4v) is 2.54. The molecule has 0 aliphatic carbocycles. The first-order valence-electron chi connectivity index (χ1n) is 7.74. The molecule has 1 unspecified atom stereocenters. The zero-order valence-electron chi connectivity index (χ0n) is 13.0. The molecule has 1 N–H and O–H groups in total. The molecule has 1 aliphatic heterocycles. The van der Waals surface area contributed by atoms with Crippen LogP contribution in [-0.2, 0) is 11.3 Å². The van der Waals surface area contributed by atoms with Gasteiger partial charge in [-0.15, -0.1) is 0 Å². The molecule has 1 aromatic rings. The van der Waals surface area contributed by atoms with E-state index in [9.17, 15) is 0 Å². The molecule has 1 fully saturated rings. The first kappa shape index (κ1) is 15.3. The summed E-state index contributed by atoms with van der Waals surface area (Å²) in [7, 11) is 0. The third-order valence-corrected chi connectivity index (χ3v) is 3.70. The van der Waals surface area contributed by atoms with Crippen LogP contribution < -0.4 is 10.2 Å². The van der Waals surface area contributed by atoms with E-state index in [0.717, 1.165) is 57.1 Å². The van der Waals surface area contributed by atoms with Crippen LogP contribution in [0.1, 0.15) is 37.9 Å². The minimum atomic E-state index is 0.283. The monoisotopic (exact) mass is 277 g/mol. The highest BCUT2D eigenvalue weighted by Gasteiger charge is 2.16. The van der Waals surface area contributed by atoms with Crippen LogP contribution in [-0.4, -0.2) is 37.3 Å². The van der Waals surface area contributed by atoms with Crippen molar-refractivity contribution in [3.8, 4) is 0 Å². The van der Waals surface area contributed by atoms with Gasteiger partial charge in [-0.1, -0.05) is 13.0 Å². The summed E-state index contributed by atoms with van der Waals surface area (Å²) < 4.78 is 5.69. The van der Waals surface area contributed by atoms with Gasteiger partial charge in [0.2, 0.25) is 0 Å². The highest BCUT2D eigenvalue weighted by Crippen LogP contribution is 2.18. The molecule has 112 valence electrons. The Morgan fingerprint density at radius 2 is 2.30 bits per heavy atom. The quantitative estimate of drug-likeness (QED) is 0.839. The van der Waals surface area contributed by atoms with Gasteiger partial charge >= 0.3 is 0 Å². The normalized spacial score (nSPS) is 19.9. The maximum Gasteiger partial charge on any atom is 0.128 e. The summed E-state index contributed by atoms with van der Waals surface area (Å²) in [6, 6.07) is 4.35. The fraction of sp³-hybridized carbons (Fsp3) is 0.688. The Morgan fingerprint density at radius 1 is 1.45 bits per heavy atom. The predicted octanol–water partition coefficient (Wildman–Crippen LogP) is 2.50. The zero-order valence-corrected chi connectivity index (χ0v) is 13.0. The summed E-state index contributed by atoms with van der Waals surface area (Å²) in [6.45, 7) is 11.2. The van der Waals surface area contributed by atoms with Crippen molar-refractivity contribution in [2.45, 2.75) is 46.3 Å². The Morgan fingerprint density at radius 3 is 3.05 bits per heavy atom. The van der Waals surface area contributed by atoms with E-state index in [1.54, 1.807) is 0 Å². The van der Waals surface area contributed by atoms with Crippen LogP contribution in [0.5, 0.6) is 0 Å². The van der Waals surface area contributed by atoms with Crippen molar-refractivity contribution >= 4 is 5.82 Å². The molecule has 2 rings (SSSR count). The van der Waals surface area contributed by atoms with Crippen LogP contribution in [0, 0.1) is 6.92 Å². The van der Waals surface area contributed by atoms with E-state index in [-0.39, 0.29) is 6.10 Å². The van der Waals surface area contributed by atoms with Gasteiger partial charge in [0.1, 0.15) is 5.82 Å². The highest BCUT2D eigenvalue weighted by atomic mass is 16.5. The van der Waals surface area contributed by atoms with Crippen LogP contribution >= 0.6 is 0 Å². The lowest BCUT2D eigenvalue weighted by Crippen LogP contribution is -2.31. The Hall–Kier alpha value is -1.13. The molecule has 0 amide bonds. The third-order valence-electron chi connectivity index (χ3n) is 3.70. The molecule has 0 aromatic carbocycles. The van der Waals surface area contributed by atoms with E-state index >= 15 is 0 Å². The standard InChI is InChI=1S/C16H27N3O/c1-4-8-17-11-15-6-7-16(18-14(15)3)19-9-5-10-20-13(2)12-19/h6-7,13,17H,4-5,8-12H2,1-3H3. The molecule has 1 atom stereocenters. The van der Waals surface area contributed by atoms with Gasteiger partial charge in [-0.3, -0.25) is 0 Å². The van der Waals surface area contributed by atoms with E-state index in [2.05, 4.69) is 43.1 Å². The molecule has 4 nitrogen and oxygen atoms in total. The molecule has 0 saturated carbocycles. The lowest BCUT2D eigenvalue weighted by atomic mass is 10.2. The van der Waals surface area contributed by atoms with Crippen LogP contribution in [0.4, 0.5) is 5.82 Å². The van der Waals surface area contributed by atoms with Gasteiger partial charge in [-0.2, -0.15) is 0 Å². The molecule has 1 saturated heterocycles. The fourth-order valence-electron chi connectivity index (χ4n) is 2.54. The largest absolute Gasteiger partial charge is 0.377 e. The number of aryl methyl sites for hydroxylation is 1. The van der Waals surface area contributed by atoms with Crippen LogP contribution in [0.2, 0.25) is 0 Å². The van der Waals surface area contributed by atoms with Crippen LogP contribution in [0.15, 0.2) is 12.1 Å². The van der Waals surface area contributed by atoms with Gasteiger partial charge < -0.3 is 15.0 Å². The van der Waals surface area contributed by atoms with Crippen molar-refractivity contribution in [3.63, 3.8) is 0 Å². The maximum absolute atomic E-state index is 5.69. The molecule has 20 heavy (non-hydrogen) atoms. The second kappa shape index (κ2) is 7.60. The zero-order chi connectivity index (χ0) is 14.4. The van der Waals surface area contributed by atoms with Gasteiger partial charge in [0.15, 0.2) is 0 Å². The SMILES string of the molecule is CCCNCc1ccc(N2CCCOC(C)C2)nc1C. The molecule has 1 aromatic heterocycles. The van der Waals surface area contributed by atoms with E-state index in [0.29, 0.717) is 0 Å². The Balaban J connectivity index is 2.03. The molecule has 0 radical (unpaired) electrons. The minimum Gasteiger partial charge on any atom is -0.377 e. The molecule has 1 aliphatic rings. The van der Waals surface area contributed by atoms with Crippen molar-refractivity contribution in [2.75, 3.05) is 31.1 Å². The average molecular weight is 277 g/mol. The van der Waals surface area contributed by atoms with E-state index in [1.165, 1.54) is 5.56 Å². The summed E-state index contributed by atoms with van der Waals surface area (Å²) in [4.78, 5) is 7.12. The lowest BCUT2D eigenvalue weighted by Gasteiger charge is -2.24.